The van der Waals surface area contributed by atoms with E-state index in [9.17, 15) is 18.3 Å². The van der Waals surface area contributed by atoms with Crippen LogP contribution in [0.2, 0.25) is 0 Å². The maximum Gasteiger partial charge on any atom is 0.573 e. The van der Waals surface area contributed by atoms with E-state index in [2.05, 4.69) is 21.6 Å². The molecule has 1 aromatic carbocycles. The van der Waals surface area contributed by atoms with Crippen molar-refractivity contribution in [2.24, 2.45) is 4.99 Å². The first-order chi connectivity index (χ1) is 11.3. The Morgan fingerprint density at radius 1 is 1.38 bits per heavy atom. The second-order valence-corrected chi connectivity index (χ2v) is 5.84. The third-order valence-electron chi connectivity index (χ3n) is 2.95. The van der Waals surface area contributed by atoms with Crippen molar-refractivity contribution >= 4 is 22.5 Å². The highest BCUT2D eigenvalue weighted by molar-refractivity contribution is 8.18. The highest BCUT2D eigenvalue weighted by Gasteiger charge is 2.31. The maximum absolute atomic E-state index is 12.1. The van der Waals surface area contributed by atoms with Gasteiger partial charge < -0.3 is 15.2 Å². The largest absolute Gasteiger partial charge is 0.573 e. The molecule has 24 heavy (non-hydrogen) atoms. The average Bonchev–Trinajstić information content (AvgIpc) is 2.91. The highest BCUT2D eigenvalue weighted by atomic mass is 32.2. The van der Waals surface area contributed by atoms with Gasteiger partial charge in [-0.05, 0) is 37.3 Å². The van der Waals surface area contributed by atoms with E-state index >= 15 is 0 Å². The highest BCUT2D eigenvalue weighted by Crippen LogP contribution is 2.33. The number of ether oxygens (including phenoxy) is 1. The van der Waals surface area contributed by atoms with E-state index in [1.807, 2.05) is 6.92 Å². The number of nitrogens with one attached hydrogen (secondary N) is 1. The summed E-state index contributed by atoms with van der Waals surface area (Å²) < 4.78 is 40.3. The van der Waals surface area contributed by atoms with Crippen molar-refractivity contribution in [2.45, 2.75) is 13.3 Å². The molecule has 0 fully saturated rings. The monoisotopic (exact) mass is 356 g/mol. The molecule has 0 spiro atoms. The quantitative estimate of drug-likeness (QED) is 0.819. The van der Waals surface area contributed by atoms with Crippen molar-refractivity contribution in [3.63, 3.8) is 0 Å². The van der Waals surface area contributed by atoms with E-state index in [0.29, 0.717) is 10.7 Å². The smallest absolute Gasteiger partial charge is 0.406 e. The third-order valence-corrected chi connectivity index (χ3v) is 3.98. The van der Waals surface area contributed by atoms with Gasteiger partial charge in [0.1, 0.15) is 10.8 Å². The van der Waals surface area contributed by atoms with Gasteiger partial charge in [0, 0.05) is 28.1 Å². The molecule has 2 rings (SSSR count). The van der Waals surface area contributed by atoms with Crippen LogP contribution in [0.4, 0.5) is 18.9 Å². The molecule has 0 radical (unpaired) electrons. The molecule has 0 aromatic heterocycles. The Morgan fingerprint density at radius 2 is 2.04 bits per heavy atom. The number of alkyl halides is 3. The van der Waals surface area contributed by atoms with Crippen molar-refractivity contribution in [1.29, 1.82) is 0 Å². The number of hydrogen-bond acceptors (Lipinski definition) is 5. The van der Waals surface area contributed by atoms with Gasteiger partial charge >= 0.3 is 6.36 Å². The van der Waals surface area contributed by atoms with Gasteiger partial charge in [0.05, 0.1) is 6.61 Å². The maximum atomic E-state index is 12.1. The first kappa shape index (κ1) is 18.2. The molecular formula is C16H15F3N2O2S. The Kier molecular flexibility index (Phi) is 5.74. The standard InChI is InChI=1S/C16H15F3N2O2S/c1-3-20-15-14(8-13(9-22)24-15)10(2)21-11-4-6-12(7-5-11)23-16(17,18)19/h3-8,21-22H,1,9H2,2H3/b14-10+,20-15+. The number of aliphatic hydroxyl groups excluding tert-OH is 1. The number of thioether (sulfide) groups is 1. The van der Waals surface area contributed by atoms with Crippen LogP contribution in [0.25, 0.3) is 0 Å². The van der Waals surface area contributed by atoms with E-state index in [-0.39, 0.29) is 12.4 Å². The third kappa shape index (κ3) is 4.90. The van der Waals surface area contributed by atoms with Crippen LogP contribution in [-0.4, -0.2) is 23.1 Å². The number of aliphatic imine (C=N–C) groups is 1. The molecular weight excluding hydrogens is 341 g/mol. The second kappa shape index (κ2) is 7.59. The first-order valence-electron chi connectivity index (χ1n) is 6.84. The molecule has 0 bridgehead atoms. The van der Waals surface area contributed by atoms with Crippen LogP contribution < -0.4 is 10.1 Å². The summed E-state index contributed by atoms with van der Waals surface area (Å²) in [6.07, 6.45) is -1.50. The minimum atomic E-state index is -4.71. The number of halogens is 3. The second-order valence-electron chi connectivity index (χ2n) is 4.72. The lowest BCUT2D eigenvalue weighted by Gasteiger charge is -2.12. The van der Waals surface area contributed by atoms with E-state index in [0.717, 1.165) is 16.2 Å². The van der Waals surface area contributed by atoms with Crippen LogP contribution in [0.15, 0.2) is 64.3 Å². The normalized spacial score (nSPS) is 18.4. The Labute approximate surface area is 141 Å². The van der Waals surface area contributed by atoms with Crippen LogP contribution in [-0.2, 0) is 0 Å². The van der Waals surface area contributed by atoms with Gasteiger partial charge in [0.15, 0.2) is 0 Å². The van der Waals surface area contributed by atoms with Crippen molar-refractivity contribution in [1.82, 2.24) is 0 Å². The van der Waals surface area contributed by atoms with Crippen molar-refractivity contribution in [3.05, 3.63) is 59.3 Å². The van der Waals surface area contributed by atoms with Crippen LogP contribution in [0.5, 0.6) is 5.75 Å². The molecule has 0 amide bonds. The zero-order valence-corrected chi connectivity index (χ0v) is 13.5. The fraction of sp³-hybridized carbons (Fsp3) is 0.188. The van der Waals surface area contributed by atoms with Gasteiger partial charge in [0.25, 0.3) is 0 Å². The Hall–Kier alpha value is -2.19. The minimum absolute atomic E-state index is 0.0961. The Balaban J connectivity index is 2.18. The van der Waals surface area contributed by atoms with Gasteiger partial charge in [-0.15, -0.1) is 13.2 Å². The van der Waals surface area contributed by atoms with Crippen molar-refractivity contribution in [3.8, 4) is 5.75 Å². The zero-order valence-electron chi connectivity index (χ0n) is 12.7. The number of aliphatic hydroxyl groups is 1. The predicted octanol–water partition coefficient (Wildman–Crippen LogP) is 4.44. The summed E-state index contributed by atoms with van der Waals surface area (Å²) in [7, 11) is 0. The van der Waals surface area contributed by atoms with Crippen molar-refractivity contribution < 1.29 is 23.0 Å². The molecule has 0 saturated heterocycles. The molecule has 0 unspecified atom stereocenters. The molecule has 128 valence electrons. The SMILES string of the molecule is C=C/N=C1/SC(CO)=C/C1=C(/C)Nc1ccc(OC(F)(F)F)cc1. The zero-order chi connectivity index (χ0) is 17.7. The van der Waals surface area contributed by atoms with Gasteiger partial charge in [0.2, 0.25) is 0 Å². The summed E-state index contributed by atoms with van der Waals surface area (Å²) in [4.78, 5) is 4.91. The van der Waals surface area contributed by atoms with Crippen molar-refractivity contribution in [2.75, 3.05) is 11.9 Å². The van der Waals surface area contributed by atoms with Crippen LogP contribution in [0.3, 0.4) is 0 Å². The van der Waals surface area contributed by atoms with Gasteiger partial charge in [-0.1, -0.05) is 18.3 Å². The average molecular weight is 356 g/mol. The lowest BCUT2D eigenvalue weighted by Crippen LogP contribution is -2.17. The number of hydrogen-bond donors (Lipinski definition) is 2. The summed E-state index contributed by atoms with van der Waals surface area (Å²) in [5.41, 5.74) is 2.14. The molecule has 1 heterocycles. The fourth-order valence-electron chi connectivity index (χ4n) is 1.98. The number of anilines is 1. The van der Waals surface area contributed by atoms with Gasteiger partial charge in [-0.2, -0.15) is 0 Å². The van der Waals surface area contributed by atoms with E-state index in [1.165, 1.54) is 42.2 Å². The Morgan fingerprint density at radius 3 is 2.58 bits per heavy atom. The molecule has 0 aliphatic carbocycles. The summed E-state index contributed by atoms with van der Waals surface area (Å²) in [6.45, 7) is 5.27. The summed E-state index contributed by atoms with van der Waals surface area (Å²) in [5.74, 6) is -0.286. The Bertz CT molecular complexity index is 707. The summed E-state index contributed by atoms with van der Waals surface area (Å²) >= 11 is 1.34. The number of rotatable bonds is 5. The molecule has 1 aliphatic rings. The van der Waals surface area contributed by atoms with E-state index in [4.69, 9.17) is 0 Å². The van der Waals surface area contributed by atoms with Gasteiger partial charge in [-0.3, -0.25) is 0 Å². The molecule has 0 saturated carbocycles. The molecule has 1 aliphatic heterocycles. The first-order valence-corrected chi connectivity index (χ1v) is 7.66. The van der Waals surface area contributed by atoms with Crippen LogP contribution in [0.1, 0.15) is 6.92 Å². The minimum Gasteiger partial charge on any atom is -0.406 e. The van der Waals surface area contributed by atoms with Crippen LogP contribution >= 0.6 is 11.8 Å². The molecule has 0 atom stereocenters. The van der Waals surface area contributed by atoms with E-state index in [1.54, 1.807) is 6.08 Å². The van der Waals surface area contributed by atoms with E-state index < -0.39 is 6.36 Å². The summed E-state index contributed by atoms with van der Waals surface area (Å²) in [5, 5.41) is 13.0. The topological polar surface area (TPSA) is 53.9 Å². The number of nitrogens with zero attached hydrogens (tertiary/aromatic N) is 1. The van der Waals surface area contributed by atoms with Gasteiger partial charge in [-0.25, -0.2) is 4.99 Å². The van der Waals surface area contributed by atoms with Crippen LogP contribution in [0, 0.1) is 0 Å². The lowest BCUT2D eigenvalue weighted by atomic mass is 10.2. The molecule has 1 aromatic rings. The number of benzene rings is 1. The molecule has 2 N–H and O–H groups in total. The number of allylic oxidation sites excluding steroid dienone is 2. The fourth-order valence-corrected chi connectivity index (χ4v) is 2.92. The molecule has 4 nitrogen and oxygen atoms in total. The summed E-state index contributed by atoms with van der Waals surface area (Å²) in [6, 6.07) is 5.41. The predicted molar refractivity (Wildman–Crippen MR) is 89.8 cm³/mol. The molecule has 8 heteroatoms. The lowest BCUT2D eigenvalue weighted by molar-refractivity contribution is -0.274.